The van der Waals surface area contributed by atoms with Gasteiger partial charge < -0.3 is 4.90 Å². The highest BCUT2D eigenvalue weighted by Crippen LogP contribution is 2.54. The van der Waals surface area contributed by atoms with E-state index in [1.807, 2.05) is 0 Å². The van der Waals surface area contributed by atoms with Gasteiger partial charge in [0.05, 0.1) is 5.69 Å². The summed E-state index contributed by atoms with van der Waals surface area (Å²) in [7, 11) is 0. The molecule has 0 bridgehead atoms. The highest BCUT2D eigenvalue weighted by atomic mass is 15.1. The van der Waals surface area contributed by atoms with Gasteiger partial charge in [0.25, 0.3) is 0 Å². The van der Waals surface area contributed by atoms with Gasteiger partial charge in [-0.25, -0.2) is 0 Å². The number of hydrogen-bond donors (Lipinski definition) is 0. The van der Waals surface area contributed by atoms with E-state index in [0.717, 1.165) is 17.1 Å². The lowest BCUT2D eigenvalue weighted by Gasteiger charge is -2.32. The minimum absolute atomic E-state index is 0.145. The van der Waals surface area contributed by atoms with Crippen molar-refractivity contribution in [3.8, 4) is 66.8 Å². The number of rotatable bonds is 7. The zero-order valence-electron chi connectivity index (χ0n) is 35.2. The van der Waals surface area contributed by atoms with Gasteiger partial charge in [0.2, 0.25) is 0 Å². The summed E-state index contributed by atoms with van der Waals surface area (Å²) in [6.45, 7) is 9.50. The molecule has 1 heteroatoms. The van der Waals surface area contributed by atoms with Crippen molar-refractivity contribution in [3.05, 3.63) is 235 Å². The quantitative estimate of drug-likeness (QED) is 0.156. The summed E-state index contributed by atoms with van der Waals surface area (Å²) in [4.78, 5) is 2.53. The molecule has 0 saturated carbocycles. The van der Waals surface area contributed by atoms with Crippen molar-refractivity contribution in [2.75, 3.05) is 4.90 Å². The van der Waals surface area contributed by atoms with Crippen molar-refractivity contribution in [2.24, 2.45) is 0 Å². The molecular formula is C60H47N. The fourth-order valence-corrected chi connectivity index (χ4v) is 10.3. The lowest BCUT2D eigenvalue weighted by molar-refractivity contribution is 0.660. The van der Waals surface area contributed by atoms with Gasteiger partial charge in [0.1, 0.15) is 0 Å². The molecular weight excluding hydrogens is 735 g/mol. The smallest absolute Gasteiger partial charge is 0.0546 e. The molecule has 0 amide bonds. The Hall–Kier alpha value is -7.22. The molecule has 9 aromatic carbocycles. The fraction of sp³-hybridized carbons (Fsp3) is 0.100. The van der Waals surface area contributed by atoms with Crippen LogP contribution in [0.3, 0.4) is 0 Å². The van der Waals surface area contributed by atoms with Crippen molar-refractivity contribution in [1.82, 2.24) is 0 Å². The monoisotopic (exact) mass is 781 g/mol. The van der Waals surface area contributed by atoms with E-state index in [-0.39, 0.29) is 10.8 Å². The van der Waals surface area contributed by atoms with E-state index >= 15 is 0 Å². The fourth-order valence-electron chi connectivity index (χ4n) is 10.3. The third-order valence-corrected chi connectivity index (χ3v) is 13.5. The van der Waals surface area contributed by atoms with Crippen LogP contribution in [0.2, 0.25) is 0 Å². The van der Waals surface area contributed by atoms with Crippen molar-refractivity contribution >= 4 is 17.1 Å². The molecule has 2 aliphatic rings. The van der Waals surface area contributed by atoms with E-state index in [2.05, 4.69) is 245 Å². The van der Waals surface area contributed by atoms with Gasteiger partial charge in [-0.1, -0.05) is 210 Å². The molecule has 0 unspecified atom stereocenters. The highest BCUT2D eigenvalue weighted by molar-refractivity contribution is 5.98. The molecule has 0 N–H and O–H groups in total. The Morgan fingerprint density at radius 2 is 0.656 bits per heavy atom. The molecule has 0 atom stereocenters. The Morgan fingerprint density at radius 1 is 0.279 bits per heavy atom. The first-order valence-electron chi connectivity index (χ1n) is 21.5. The molecule has 0 aliphatic heterocycles. The Labute approximate surface area is 360 Å². The van der Waals surface area contributed by atoms with Crippen LogP contribution in [0.25, 0.3) is 66.8 Å². The number of benzene rings is 9. The van der Waals surface area contributed by atoms with Crippen molar-refractivity contribution in [2.45, 2.75) is 38.5 Å². The Bertz CT molecular complexity index is 2990. The number of fused-ring (bicyclic) bond motifs is 6. The minimum Gasteiger partial charge on any atom is -0.310 e. The van der Waals surface area contributed by atoms with Crippen LogP contribution in [0.4, 0.5) is 17.1 Å². The Morgan fingerprint density at radius 3 is 1.15 bits per heavy atom. The molecule has 0 heterocycles. The van der Waals surface area contributed by atoms with Gasteiger partial charge in [0, 0.05) is 27.8 Å². The first-order valence-corrected chi connectivity index (χ1v) is 21.5. The van der Waals surface area contributed by atoms with Crippen LogP contribution in [0.15, 0.2) is 212 Å². The van der Waals surface area contributed by atoms with Crippen LogP contribution in [0.5, 0.6) is 0 Å². The van der Waals surface area contributed by atoms with E-state index < -0.39 is 0 Å². The van der Waals surface area contributed by atoms with Gasteiger partial charge >= 0.3 is 0 Å². The van der Waals surface area contributed by atoms with Crippen molar-refractivity contribution < 1.29 is 0 Å². The molecule has 0 spiro atoms. The zero-order chi connectivity index (χ0) is 41.3. The largest absolute Gasteiger partial charge is 0.310 e. The average molecular weight is 782 g/mol. The van der Waals surface area contributed by atoms with Gasteiger partial charge in [-0.3, -0.25) is 0 Å². The summed E-state index contributed by atoms with van der Waals surface area (Å²) in [6.07, 6.45) is 0. The Balaban J connectivity index is 1.15. The molecule has 11 rings (SSSR count). The van der Waals surface area contributed by atoms with Crippen LogP contribution < -0.4 is 4.90 Å². The predicted molar refractivity (Wildman–Crippen MR) is 258 cm³/mol. The number of anilines is 3. The number of nitrogens with zero attached hydrogens (tertiary/aromatic N) is 1. The van der Waals surface area contributed by atoms with Crippen LogP contribution in [-0.2, 0) is 10.8 Å². The molecule has 0 fully saturated rings. The maximum atomic E-state index is 2.53. The minimum atomic E-state index is -0.145. The van der Waals surface area contributed by atoms with Crippen molar-refractivity contribution in [1.29, 1.82) is 0 Å². The summed E-state index contributed by atoms with van der Waals surface area (Å²) in [6, 6.07) is 78.7. The van der Waals surface area contributed by atoms with Gasteiger partial charge in [-0.05, 0) is 114 Å². The second-order valence-electron chi connectivity index (χ2n) is 17.7. The lowest BCUT2D eigenvalue weighted by atomic mass is 9.82. The predicted octanol–water partition coefficient (Wildman–Crippen LogP) is 16.4. The van der Waals surface area contributed by atoms with Gasteiger partial charge in [0.15, 0.2) is 0 Å². The maximum absolute atomic E-state index is 2.53. The van der Waals surface area contributed by atoms with E-state index in [9.17, 15) is 0 Å². The van der Waals surface area contributed by atoms with E-state index in [4.69, 9.17) is 0 Å². The van der Waals surface area contributed by atoms with Gasteiger partial charge in [-0.15, -0.1) is 0 Å². The van der Waals surface area contributed by atoms with Crippen LogP contribution in [0, 0.1) is 0 Å². The van der Waals surface area contributed by atoms with Crippen LogP contribution in [-0.4, -0.2) is 0 Å². The molecule has 0 aromatic heterocycles. The molecule has 0 saturated heterocycles. The number of hydrogen-bond acceptors (Lipinski definition) is 1. The normalized spacial score (nSPS) is 13.8. The summed E-state index contributed by atoms with van der Waals surface area (Å²) in [5, 5.41) is 0. The highest BCUT2D eigenvalue weighted by Gasteiger charge is 2.38. The molecule has 1 nitrogen and oxygen atoms in total. The topological polar surface area (TPSA) is 3.24 Å². The van der Waals surface area contributed by atoms with Gasteiger partial charge in [-0.2, -0.15) is 0 Å². The second kappa shape index (κ2) is 14.2. The summed E-state index contributed by atoms with van der Waals surface area (Å²) in [5.74, 6) is 0. The molecule has 2 aliphatic carbocycles. The SMILES string of the molecule is CC1(C)c2ccccc2-c2ccc(N(c3ccc4c(c3)C(C)(C)c3ccccc3-4)c3cccc(-c4ccc(-c5ccccc5)cc4)c3-c3ccc(-c4ccccc4)cc3)cc21. The molecule has 0 radical (unpaired) electrons. The third kappa shape index (κ3) is 5.99. The summed E-state index contributed by atoms with van der Waals surface area (Å²) < 4.78 is 0. The molecule has 292 valence electrons. The maximum Gasteiger partial charge on any atom is 0.0546 e. The van der Waals surface area contributed by atoms with E-state index in [1.165, 1.54) is 89.0 Å². The average Bonchev–Trinajstić information content (AvgIpc) is 3.68. The molecule has 61 heavy (non-hydrogen) atoms. The first-order chi connectivity index (χ1) is 29.8. The summed E-state index contributed by atoms with van der Waals surface area (Å²) >= 11 is 0. The van der Waals surface area contributed by atoms with Crippen LogP contribution in [0.1, 0.15) is 49.9 Å². The van der Waals surface area contributed by atoms with E-state index in [1.54, 1.807) is 0 Å². The zero-order valence-corrected chi connectivity index (χ0v) is 35.2. The van der Waals surface area contributed by atoms with Crippen molar-refractivity contribution in [3.63, 3.8) is 0 Å². The lowest BCUT2D eigenvalue weighted by Crippen LogP contribution is -2.18. The van der Waals surface area contributed by atoms with Crippen LogP contribution >= 0.6 is 0 Å². The second-order valence-corrected chi connectivity index (χ2v) is 17.7. The first kappa shape index (κ1) is 36.8. The Kier molecular flexibility index (Phi) is 8.58. The standard InChI is InChI=1S/C60H47N/c1-59(2)53-23-13-11-20-49(53)51-36-34-46(38-55(51)59)61(47-35-37-52-50-21-12-14-24-54(50)60(3,4)56(52)39-47)57-25-15-22-48(44-30-26-42(27-31-44)40-16-7-5-8-17-40)58(57)45-32-28-43(29-33-45)41-18-9-6-10-19-41/h5-39H,1-4H3. The molecule has 9 aromatic rings. The summed E-state index contributed by atoms with van der Waals surface area (Å²) in [5.41, 5.74) is 23.5. The van der Waals surface area contributed by atoms with E-state index in [0.29, 0.717) is 0 Å². The third-order valence-electron chi connectivity index (χ3n) is 13.5.